The molecule has 0 aliphatic rings. The van der Waals surface area contributed by atoms with Crippen LogP contribution in [0.1, 0.15) is 181 Å². The SMILES string of the molecule is CCCCCCCC/C=C/C/C=C/CCCCC(=O)O[C@H](COC(=O)CC/C=C/CCCCCCCCCCCCC)COP(=O)(O)OCC[N+](C)(C)C. The van der Waals surface area contributed by atoms with Gasteiger partial charge in [-0.2, -0.15) is 0 Å². The second kappa shape index (κ2) is 36.8. The summed E-state index contributed by atoms with van der Waals surface area (Å²) in [6.45, 7) is 4.33. The maximum atomic E-state index is 12.6. The summed E-state index contributed by atoms with van der Waals surface area (Å²) >= 11 is 0. The second-order valence-corrected chi connectivity index (χ2v) is 17.2. The Balaban J connectivity index is 4.46. The first-order chi connectivity index (χ1) is 26.0. The van der Waals surface area contributed by atoms with Crippen LogP contribution in [-0.2, 0) is 32.7 Å². The fourth-order valence-corrected chi connectivity index (χ4v) is 6.45. The number of nitrogens with zero attached hydrogens (tertiary/aromatic N) is 1. The third-order valence-electron chi connectivity index (χ3n) is 9.16. The Kier molecular flexibility index (Phi) is 35.6. The minimum Gasteiger partial charge on any atom is -0.462 e. The van der Waals surface area contributed by atoms with Crippen molar-refractivity contribution in [1.82, 2.24) is 0 Å². The van der Waals surface area contributed by atoms with Gasteiger partial charge in [0, 0.05) is 12.8 Å². The van der Waals surface area contributed by atoms with Gasteiger partial charge in [0.1, 0.15) is 19.8 Å². The molecular formula is C44H83NO8P+. The van der Waals surface area contributed by atoms with E-state index in [4.69, 9.17) is 18.5 Å². The molecule has 0 aromatic rings. The maximum Gasteiger partial charge on any atom is 0.472 e. The summed E-state index contributed by atoms with van der Waals surface area (Å²) < 4.78 is 34.2. The Morgan fingerprint density at radius 3 is 1.56 bits per heavy atom. The van der Waals surface area contributed by atoms with Crippen LogP contribution in [0.5, 0.6) is 0 Å². The molecule has 0 aliphatic carbocycles. The highest BCUT2D eigenvalue weighted by Crippen LogP contribution is 2.43. The number of phosphoric acid groups is 1. The molecule has 0 aromatic carbocycles. The lowest BCUT2D eigenvalue weighted by atomic mass is 10.1. The summed E-state index contributed by atoms with van der Waals surface area (Å²) in [6, 6.07) is 0. The number of carbonyl (C=O) groups excluding carboxylic acids is 2. The van der Waals surface area contributed by atoms with Crippen molar-refractivity contribution in [3.63, 3.8) is 0 Å². The summed E-state index contributed by atoms with van der Waals surface area (Å²) in [4.78, 5) is 35.3. The van der Waals surface area contributed by atoms with Gasteiger partial charge >= 0.3 is 19.8 Å². The number of phosphoric ester groups is 1. The minimum absolute atomic E-state index is 0.0212. The molecule has 0 radical (unpaired) electrons. The molecule has 10 heteroatoms. The van der Waals surface area contributed by atoms with Crippen LogP contribution in [0, 0.1) is 0 Å². The highest BCUT2D eigenvalue weighted by molar-refractivity contribution is 7.47. The van der Waals surface area contributed by atoms with E-state index in [1.165, 1.54) is 103 Å². The van der Waals surface area contributed by atoms with Crippen molar-refractivity contribution in [3.8, 4) is 0 Å². The van der Waals surface area contributed by atoms with Gasteiger partial charge in [-0.15, -0.1) is 0 Å². The quantitative estimate of drug-likeness (QED) is 0.0216. The third kappa shape index (κ3) is 39.9. The molecular weight excluding hydrogens is 701 g/mol. The van der Waals surface area contributed by atoms with Crippen LogP contribution < -0.4 is 0 Å². The largest absolute Gasteiger partial charge is 0.472 e. The van der Waals surface area contributed by atoms with Crippen LogP contribution in [0.25, 0.3) is 0 Å². The molecule has 0 saturated heterocycles. The van der Waals surface area contributed by atoms with Crippen LogP contribution in [-0.4, -0.2) is 74.9 Å². The van der Waals surface area contributed by atoms with Crippen molar-refractivity contribution in [3.05, 3.63) is 36.5 Å². The number of unbranched alkanes of at least 4 members (excludes halogenated alkanes) is 19. The molecule has 0 saturated carbocycles. The highest BCUT2D eigenvalue weighted by Gasteiger charge is 2.27. The van der Waals surface area contributed by atoms with E-state index < -0.39 is 32.5 Å². The van der Waals surface area contributed by atoms with Crippen LogP contribution in [0.4, 0.5) is 0 Å². The number of carbonyl (C=O) groups is 2. The van der Waals surface area contributed by atoms with E-state index in [0.29, 0.717) is 23.9 Å². The first-order valence-corrected chi connectivity index (χ1v) is 23.2. The molecule has 0 rings (SSSR count). The molecule has 9 nitrogen and oxygen atoms in total. The molecule has 0 aromatic heterocycles. The lowest BCUT2D eigenvalue weighted by Gasteiger charge is -2.24. The Bertz CT molecular complexity index is 1020. The Labute approximate surface area is 331 Å². The zero-order valence-electron chi connectivity index (χ0n) is 35.5. The molecule has 0 heterocycles. The van der Waals surface area contributed by atoms with Gasteiger partial charge in [-0.3, -0.25) is 18.6 Å². The molecule has 0 aliphatic heterocycles. The molecule has 1 N–H and O–H groups in total. The number of likely N-dealkylation sites (N-methyl/N-ethyl adjacent to an activating group) is 1. The van der Waals surface area contributed by atoms with Crippen LogP contribution in [0.3, 0.4) is 0 Å². The van der Waals surface area contributed by atoms with E-state index in [1.54, 1.807) is 0 Å². The van der Waals surface area contributed by atoms with E-state index in [1.807, 2.05) is 27.2 Å². The summed E-state index contributed by atoms with van der Waals surface area (Å²) in [7, 11) is 1.44. The molecule has 0 amide bonds. The van der Waals surface area contributed by atoms with Crippen molar-refractivity contribution < 1.29 is 42.1 Å². The van der Waals surface area contributed by atoms with E-state index in [0.717, 1.165) is 38.5 Å². The van der Waals surface area contributed by atoms with E-state index >= 15 is 0 Å². The molecule has 0 bridgehead atoms. The van der Waals surface area contributed by atoms with Crippen LogP contribution >= 0.6 is 7.82 Å². The Morgan fingerprint density at radius 1 is 0.574 bits per heavy atom. The van der Waals surface area contributed by atoms with Crippen LogP contribution in [0.15, 0.2) is 36.5 Å². The summed E-state index contributed by atoms with van der Waals surface area (Å²) in [6.07, 6.45) is 40.7. The standard InChI is InChI=1S/C44H82NO8P/c1-6-8-10-12-14-16-18-20-22-24-26-28-30-32-34-36-43(46)50-40-42(41-52-54(48,49)51-39-38-45(3,4)5)53-44(47)37-35-33-31-29-27-25-23-21-19-17-15-13-11-9-7-2/h21,23,27,29-30,32,42H,6-20,22,24-26,28,31,33-41H2,1-5H3/p+1/b23-21+,29-27+,32-30+/t42-/m1/s1. The zero-order valence-corrected chi connectivity index (χ0v) is 36.3. The van der Waals surface area contributed by atoms with Gasteiger partial charge < -0.3 is 18.9 Å². The van der Waals surface area contributed by atoms with Gasteiger partial charge in [-0.25, -0.2) is 4.57 Å². The number of quaternary nitrogens is 1. The zero-order chi connectivity index (χ0) is 40.0. The fraction of sp³-hybridized carbons (Fsp3) is 0.818. The van der Waals surface area contributed by atoms with Gasteiger partial charge in [0.15, 0.2) is 6.10 Å². The van der Waals surface area contributed by atoms with E-state index in [-0.39, 0.29) is 26.1 Å². The van der Waals surface area contributed by atoms with Crippen molar-refractivity contribution in [2.24, 2.45) is 0 Å². The fourth-order valence-electron chi connectivity index (χ4n) is 5.71. The lowest BCUT2D eigenvalue weighted by Crippen LogP contribution is -2.37. The average molecular weight is 785 g/mol. The lowest BCUT2D eigenvalue weighted by molar-refractivity contribution is -0.870. The van der Waals surface area contributed by atoms with Crippen molar-refractivity contribution in [2.45, 2.75) is 187 Å². The second-order valence-electron chi connectivity index (χ2n) is 15.7. The van der Waals surface area contributed by atoms with Gasteiger partial charge in [0.05, 0.1) is 27.7 Å². The monoisotopic (exact) mass is 785 g/mol. The predicted molar refractivity (Wildman–Crippen MR) is 224 cm³/mol. The molecule has 2 atom stereocenters. The van der Waals surface area contributed by atoms with Crippen molar-refractivity contribution in [1.29, 1.82) is 0 Å². The predicted octanol–water partition coefficient (Wildman–Crippen LogP) is 12.1. The van der Waals surface area contributed by atoms with E-state index in [2.05, 4.69) is 44.2 Å². The number of hydrogen-bond acceptors (Lipinski definition) is 7. The third-order valence-corrected chi connectivity index (χ3v) is 10.1. The average Bonchev–Trinajstić information content (AvgIpc) is 3.12. The first kappa shape index (κ1) is 52.2. The summed E-state index contributed by atoms with van der Waals surface area (Å²) in [5, 5.41) is 0. The highest BCUT2D eigenvalue weighted by atomic mass is 31.2. The van der Waals surface area contributed by atoms with Crippen molar-refractivity contribution in [2.75, 3.05) is 47.5 Å². The summed E-state index contributed by atoms with van der Waals surface area (Å²) in [5.74, 6) is -0.892. The minimum atomic E-state index is -4.39. The Morgan fingerprint density at radius 2 is 1.04 bits per heavy atom. The molecule has 0 spiro atoms. The van der Waals surface area contributed by atoms with Crippen LogP contribution in [0.2, 0.25) is 0 Å². The number of ether oxygens (including phenoxy) is 2. The molecule has 0 fully saturated rings. The molecule has 1 unspecified atom stereocenters. The van der Waals surface area contributed by atoms with Gasteiger partial charge in [-0.1, -0.05) is 147 Å². The first-order valence-electron chi connectivity index (χ1n) is 21.7. The Hall–Kier alpha value is -1.77. The van der Waals surface area contributed by atoms with Gasteiger partial charge in [0.25, 0.3) is 0 Å². The smallest absolute Gasteiger partial charge is 0.462 e. The topological polar surface area (TPSA) is 108 Å². The number of allylic oxidation sites excluding steroid dienone is 6. The van der Waals surface area contributed by atoms with Gasteiger partial charge in [0.2, 0.25) is 0 Å². The van der Waals surface area contributed by atoms with E-state index in [9.17, 15) is 19.0 Å². The summed E-state index contributed by atoms with van der Waals surface area (Å²) in [5.41, 5.74) is 0. The normalized spacial score (nSPS) is 14.0. The maximum absolute atomic E-state index is 12.6. The number of esters is 2. The number of rotatable bonds is 39. The van der Waals surface area contributed by atoms with Gasteiger partial charge in [-0.05, 0) is 57.8 Å². The van der Waals surface area contributed by atoms with Crippen molar-refractivity contribution >= 4 is 19.8 Å². The number of hydrogen-bond donors (Lipinski definition) is 1. The molecule has 316 valence electrons. The molecule has 54 heavy (non-hydrogen) atoms.